The molecule has 1 saturated heterocycles. The SMILES string of the molecule is C[C@@H]1CN(Cc2cccc(C(F)(F)F)c2)C[C@H]1C(=O)O. The van der Waals surface area contributed by atoms with Crippen LogP contribution in [0.25, 0.3) is 0 Å². The van der Waals surface area contributed by atoms with Gasteiger partial charge in [-0.15, -0.1) is 0 Å². The summed E-state index contributed by atoms with van der Waals surface area (Å²) in [4.78, 5) is 12.9. The molecule has 0 bridgehead atoms. The van der Waals surface area contributed by atoms with E-state index in [4.69, 9.17) is 5.11 Å². The number of carboxylic acids is 1. The van der Waals surface area contributed by atoms with Gasteiger partial charge < -0.3 is 5.11 Å². The molecule has 20 heavy (non-hydrogen) atoms. The van der Waals surface area contributed by atoms with Gasteiger partial charge in [0.2, 0.25) is 0 Å². The van der Waals surface area contributed by atoms with Gasteiger partial charge in [-0.1, -0.05) is 25.1 Å². The molecule has 1 aliphatic rings. The van der Waals surface area contributed by atoms with Crippen molar-refractivity contribution in [1.29, 1.82) is 0 Å². The van der Waals surface area contributed by atoms with Crippen molar-refractivity contribution in [1.82, 2.24) is 4.90 Å². The van der Waals surface area contributed by atoms with E-state index in [9.17, 15) is 18.0 Å². The summed E-state index contributed by atoms with van der Waals surface area (Å²) in [5.41, 5.74) is -0.116. The number of aliphatic carboxylic acids is 1. The number of hydrogen-bond acceptors (Lipinski definition) is 2. The number of rotatable bonds is 3. The summed E-state index contributed by atoms with van der Waals surface area (Å²) >= 11 is 0. The summed E-state index contributed by atoms with van der Waals surface area (Å²) < 4.78 is 37.9. The molecular formula is C14H16F3NO2. The summed E-state index contributed by atoms with van der Waals surface area (Å²) in [6.45, 7) is 3.17. The maximum atomic E-state index is 12.6. The van der Waals surface area contributed by atoms with Gasteiger partial charge in [0.05, 0.1) is 11.5 Å². The van der Waals surface area contributed by atoms with Crippen LogP contribution in [-0.4, -0.2) is 29.1 Å². The molecule has 1 aromatic carbocycles. The molecule has 0 unspecified atom stereocenters. The molecule has 2 atom stereocenters. The van der Waals surface area contributed by atoms with Gasteiger partial charge in [-0.3, -0.25) is 9.69 Å². The zero-order valence-electron chi connectivity index (χ0n) is 11.0. The highest BCUT2D eigenvalue weighted by molar-refractivity contribution is 5.71. The average molecular weight is 287 g/mol. The van der Waals surface area contributed by atoms with Crippen molar-refractivity contribution in [2.24, 2.45) is 11.8 Å². The fourth-order valence-corrected chi connectivity index (χ4v) is 2.62. The maximum absolute atomic E-state index is 12.6. The van der Waals surface area contributed by atoms with Crippen molar-refractivity contribution in [2.45, 2.75) is 19.6 Å². The maximum Gasteiger partial charge on any atom is 0.416 e. The first-order valence-electron chi connectivity index (χ1n) is 6.38. The van der Waals surface area contributed by atoms with Gasteiger partial charge in [-0.05, 0) is 17.5 Å². The molecule has 3 nitrogen and oxygen atoms in total. The lowest BCUT2D eigenvalue weighted by molar-refractivity contribution is -0.142. The second-order valence-corrected chi connectivity index (χ2v) is 5.31. The summed E-state index contributed by atoms with van der Waals surface area (Å²) in [7, 11) is 0. The van der Waals surface area contributed by atoms with Crippen LogP contribution in [-0.2, 0) is 17.5 Å². The third-order valence-electron chi connectivity index (χ3n) is 3.67. The lowest BCUT2D eigenvalue weighted by atomic mass is 9.99. The average Bonchev–Trinajstić information content (AvgIpc) is 2.69. The highest BCUT2D eigenvalue weighted by Gasteiger charge is 2.35. The van der Waals surface area contributed by atoms with Crippen molar-refractivity contribution >= 4 is 5.97 Å². The van der Waals surface area contributed by atoms with Crippen LogP contribution in [0.3, 0.4) is 0 Å². The predicted octanol–water partition coefficient (Wildman–Crippen LogP) is 2.86. The largest absolute Gasteiger partial charge is 0.481 e. The van der Waals surface area contributed by atoms with Crippen molar-refractivity contribution in [3.05, 3.63) is 35.4 Å². The topological polar surface area (TPSA) is 40.5 Å². The van der Waals surface area contributed by atoms with Crippen LogP contribution in [0.5, 0.6) is 0 Å². The van der Waals surface area contributed by atoms with Gasteiger partial charge in [-0.25, -0.2) is 0 Å². The van der Waals surface area contributed by atoms with Crippen LogP contribution in [0.15, 0.2) is 24.3 Å². The van der Waals surface area contributed by atoms with Crippen LogP contribution < -0.4 is 0 Å². The van der Waals surface area contributed by atoms with E-state index in [1.54, 1.807) is 6.07 Å². The Hall–Kier alpha value is -1.56. The standard InChI is InChI=1S/C14H16F3NO2/c1-9-6-18(8-12(9)13(19)20)7-10-3-2-4-11(5-10)14(15,16)17/h2-5,9,12H,6-8H2,1H3,(H,19,20)/t9-,12-/m1/s1. The van der Waals surface area contributed by atoms with E-state index in [0.717, 1.165) is 12.1 Å². The van der Waals surface area contributed by atoms with E-state index in [0.29, 0.717) is 25.2 Å². The smallest absolute Gasteiger partial charge is 0.416 e. The zero-order chi connectivity index (χ0) is 14.9. The Labute approximate surface area is 115 Å². The van der Waals surface area contributed by atoms with Crippen molar-refractivity contribution < 1.29 is 23.1 Å². The number of benzene rings is 1. The second kappa shape index (κ2) is 5.44. The number of carbonyl (C=O) groups is 1. The third kappa shape index (κ3) is 3.30. The van der Waals surface area contributed by atoms with Crippen LogP contribution in [0, 0.1) is 11.8 Å². The van der Waals surface area contributed by atoms with Crippen LogP contribution in [0.1, 0.15) is 18.1 Å². The Morgan fingerprint density at radius 1 is 1.40 bits per heavy atom. The molecule has 1 fully saturated rings. The van der Waals surface area contributed by atoms with E-state index in [1.165, 1.54) is 6.07 Å². The predicted molar refractivity (Wildman–Crippen MR) is 67.0 cm³/mol. The van der Waals surface area contributed by atoms with E-state index >= 15 is 0 Å². The molecule has 0 amide bonds. The first-order valence-corrected chi connectivity index (χ1v) is 6.38. The zero-order valence-corrected chi connectivity index (χ0v) is 11.0. The minimum atomic E-state index is -4.35. The first-order chi connectivity index (χ1) is 9.27. The second-order valence-electron chi connectivity index (χ2n) is 5.31. The van der Waals surface area contributed by atoms with E-state index in [-0.39, 0.29) is 5.92 Å². The van der Waals surface area contributed by atoms with Gasteiger partial charge in [0.1, 0.15) is 0 Å². The van der Waals surface area contributed by atoms with Crippen molar-refractivity contribution in [3.63, 3.8) is 0 Å². The molecule has 110 valence electrons. The number of carboxylic acid groups (broad SMARTS) is 1. The molecule has 1 aromatic rings. The molecule has 0 aromatic heterocycles. The molecule has 6 heteroatoms. The van der Waals surface area contributed by atoms with Crippen LogP contribution in [0.4, 0.5) is 13.2 Å². The first kappa shape index (κ1) is 14.8. The minimum absolute atomic E-state index is 0.0123. The Bertz CT molecular complexity index is 501. The Morgan fingerprint density at radius 2 is 2.10 bits per heavy atom. The molecular weight excluding hydrogens is 271 g/mol. The third-order valence-corrected chi connectivity index (χ3v) is 3.67. The quantitative estimate of drug-likeness (QED) is 0.929. The molecule has 0 saturated carbocycles. The number of alkyl halides is 3. The number of hydrogen-bond donors (Lipinski definition) is 1. The Kier molecular flexibility index (Phi) is 4.04. The van der Waals surface area contributed by atoms with Gasteiger partial charge in [0.25, 0.3) is 0 Å². The van der Waals surface area contributed by atoms with Gasteiger partial charge in [0.15, 0.2) is 0 Å². The molecule has 0 aliphatic carbocycles. The Balaban J connectivity index is 2.06. The van der Waals surface area contributed by atoms with Crippen LogP contribution in [0.2, 0.25) is 0 Å². The molecule has 0 radical (unpaired) electrons. The lowest BCUT2D eigenvalue weighted by Crippen LogP contribution is -2.23. The monoisotopic (exact) mass is 287 g/mol. The molecule has 0 spiro atoms. The van der Waals surface area contributed by atoms with Crippen molar-refractivity contribution in [2.75, 3.05) is 13.1 Å². The van der Waals surface area contributed by atoms with Crippen LogP contribution >= 0.6 is 0 Å². The molecule has 1 N–H and O–H groups in total. The summed E-state index contributed by atoms with van der Waals surface area (Å²) in [6.07, 6.45) is -4.35. The van der Waals surface area contributed by atoms with E-state index in [2.05, 4.69) is 0 Å². The Morgan fingerprint density at radius 3 is 2.65 bits per heavy atom. The van der Waals surface area contributed by atoms with Gasteiger partial charge in [0, 0.05) is 19.6 Å². The fraction of sp³-hybridized carbons (Fsp3) is 0.500. The van der Waals surface area contributed by atoms with Crippen molar-refractivity contribution in [3.8, 4) is 0 Å². The highest BCUT2D eigenvalue weighted by Crippen LogP contribution is 2.30. The fourth-order valence-electron chi connectivity index (χ4n) is 2.62. The van der Waals surface area contributed by atoms with Gasteiger partial charge in [-0.2, -0.15) is 13.2 Å². The molecule has 1 heterocycles. The lowest BCUT2D eigenvalue weighted by Gasteiger charge is -2.16. The molecule has 2 rings (SSSR count). The van der Waals surface area contributed by atoms with E-state index < -0.39 is 23.6 Å². The molecule has 1 aliphatic heterocycles. The number of halogens is 3. The van der Waals surface area contributed by atoms with Gasteiger partial charge >= 0.3 is 12.1 Å². The number of likely N-dealkylation sites (tertiary alicyclic amines) is 1. The summed E-state index contributed by atoms with van der Waals surface area (Å²) in [5.74, 6) is -1.27. The summed E-state index contributed by atoms with van der Waals surface area (Å²) in [5, 5.41) is 9.04. The minimum Gasteiger partial charge on any atom is -0.481 e. The normalized spacial score (nSPS) is 24.0. The summed E-state index contributed by atoms with van der Waals surface area (Å²) in [6, 6.07) is 5.18. The van der Waals surface area contributed by atoms with E-state index in [1.807, 2.05) is 11.8 Å². The highest BCUT2D eigenvalue weighted by atomic mass is 19.4. The number of nitrogens with zero attached hydrogens (tertiary/aromatic N) is 1.